The van der Waals surface area contributed by atoms with Crippen molar-refractivity contribution in [2.24, 2.45) is 5.92 Å². The summed E-state index contributed by atoms with van der Waals surface area (Å²) < 4.78 is 7.14. The molecular weight excluding hydrogens is 360 g/mol. The Morgan fingerprint density at radius 2 is 2.18 bits per heavy atom. The molecule has 0 radical (unpaired) electrons. The van der Waals surface area contributed by atoms with E-state index in [9.17, 15) is 9.90 Å². The van der Waals surface area contributed by atoms with E-state index >= 15 is 0 Å². The number of aliphatic hydroxyl groups excluding tert-OH is 1. The lowest BCUT2D eigenvalue weighted by Crippen LogP contribution is -2.43. The fourth-order valence-electron chi connectivity index (χ4n) is 3.25. The van der Waals surface area contributed by atoms with Crippen molar-refractivity contribution in [1.29, 1.82) is 0 Å². The van der Waals surface area contributed by atoms with Crippen LogP contribution >= 0.6 is 0 Å². The molecule has 0 spiro atoms. The van der Waals surface area contributed by atoms with Crippen molar-refractivity contribution in [2.45, 2.75) is 25.0 Å². The number of carbonyl (C=O) groups excluding carboxylic acids is 1. The maximum Gasteiger partial charge on any atom is 0.258 e. The van der Waals surface area contributed by atoms with E-state index in [1.54, 1.807) is 24.4 Å². The number of aromatic nitrogens is 5. The lowest BCUT2D eigenvalue weighted by Gasteiger charge is -2.37. The van der Waals surface area contributed by atoms with E-state index in [4.69, 9.17) is 4.74 Å². The largest absolute Gasteiger partial charge is 0.484 e. The summed E-state index contributed by atoms with van der Waals surface area (Å²) in [6.07, 6.45) is 4.17. The molecule has 1 aliphatic carbocycles. The lowest BCUT2D eigenvalue weighted by molar-refractivity contribution is -0.125. The molecule has 1 unspecified atom stereocenters. The Balaban J connectivity index is 1.38. The molecule has 9 heteroatoms. The molecular formula is C19H20N6O3. The first kappa shape index (κ1) is 18.1. The van der Waals surface area contributed by atoms with Crippen LogP contribution in [-0.2, 0) is 4.79 Å². The molecule has 1 amide bonds. The van der Waals surface area contributed by atoms with Gasteiger partial charge in [0, 0.05) is 12.3 Å². The first-order valence-electron chi connectivity index (χ1n) is 9.03. The number of ether oxygens (including phenoxy) is 1. The van der Waals surface area contributed by atoms with Gasteiger partial charge in [0.15, 0.2) is 6.61 Å². The summed E-state index contributed by atoms with van der Waals surface area (Å²) in [5, 5.41) is 23.7. The summed E-state index contributed by atoms with van der Waals surface area (Å²) in [5.41, 5.74) is 1.52. The second kappa shape index (κ2) is 8.13. The molecule has 0 aliphatic heterocycles. The number of amides is 1. The zero-order chi connectivity index (χ0) is 19.3. The van der Waals surface area contributed by atoms with Crippen molar-refractivity contribution in [3.05, 3.63) is 60.7 Å². The van der Waals surface area contributed by atoms with E-state index in [0.717, 1.165) is 11.4 Å². The molecule has 9 nitrogen and oxygen atoms in total. The van der Waals surface area contributed by atoms with Crippen LogP contribution in [0.2, 0.25) is 0 Å². The minimum absolute atomic E-state index is 0.127. The highest BCUT2D eigenvalue weighted by Gasteiger charge is 2.36. The van der Waals surface area contributed by atoms with E-state index < -0.39 is 0 Å². The van der Waals surface area contributed by atoms with Gasteiger partial charge in [-0.15, -0.1) is 5.10 Å². The van der Waals surface area contributed by atoms with Crippen LogP contribution in [0.5, 0.6) is 5.75 Å². The second-order valence-corrected chi connectivity index (χ2v) is 6.73. The van der Waals surface area contributed by atoms with E-state index in [2.05, 4.69) is 25.8 Å². The summed E-state index contributed by atoms with van der Waals surface area (Å²) in [7, 11) is 0. The molecule has 1 aliphatic rings. The van der Waals surface area contributed by atoms with E-state index in [1.165, 1.54) is 11.0 Å². The number of carbonyl (C=O) groups is 1. The minimum Gasteiger partial charge on any atom is -0.484 e. The van der Waals surface area contributed by atoms with Gasteiger partial charge >= 0.3 is 0 Å². The molecule has 0 saturated heterocycles. The maximum atomic E-state index is 12.5. The number of hydrogen-bond donors (Lipinski definition) is 2. The molecule has 1 fully saturated rings. The molecule has 3 aromatic rings. The van der Waals surface area contributed by atoms with Crippen LogP contribution < -0.4 is 10.1 Å². The van der Waals surface area contributed by atoms with Crippen LogP contribution in [0.15, 0.2) is 55.0 Å². The molecule has 4 rings (SSSR count). The van der Waals surface area contributed by atoms with Crippen LogP contribution in [0, 0.1) is 5.92 Å². The van der Waals surface area contributed by atoms with Gasteiger partial charge in [0.2, 0.25) is 0 Å². The summed E-state index contributed by atoms with van der Waals surface area (Å²) in [5.74, 6) is 0.457. The Hall–Kier alpha value is -3.33. The number of rotatable bonds is 7. The monoisotopic (exact) mass is 380 g/mol. The van der Waals surface area contributed by atoms with Gasteiger partial charge in [-0.3, -0.25) is 9.78 Å². The Kier molecular flexibility index (Phi) is 5.24. The Morgan fingerprint density at radius 1 is 1.29 bits per heavy atom. The lowest BCUT2D eigenvalue weighted by atomic mass is 9.76. The Morgan fingerprint density at radius 3 is 2.89 bits per heavy atom. The zero-order valence-corrected chi connectivity index (χ0v) is 15.0. The quantitative estimate of drug-likeness (QED) is 0.630. The van der Waals surface area contributed by atoms with Crippen LogP contribution in [-0.4, -0.2) is 48.9 Å². The summed E-state index contributed by atoms with van der Waals surface area (Å²) in [4.78, 5) is 16.8. The molecule has 1 saturated carbocycles. The number of tetrazole rings is 1. The van der Waals surface area contributed by atoms with Gasteiger partial charge < -0.3 is 15.2 Å². The number of pyridine rings is 1. The number of aliphatic hydroxyl groups is 1. The van der Waals surface area contributed by atoms with Gasteiger partial charge in [0.1, 0.15) is 12.1 Å². The number of hydrogen-bond acceptors (Lipinski definition) is 7. The van der Waals surface area contributed by atoms with Gasteiger partial charge in [-0.25, -0.2) is 4.68 Å². The third-order valence-corrected chi connectivity index (χ3v) is 4.75. The van der Waals surface area contributed by atoms with Crippen LogP contribution in [0.25, 0.3) is 5.69 Å². The summed E-state index contributed by atoms with van der Waals surface area (Å²) in [6.45, 7) is -0.127. The summed E-state index contributed by atoms with van der Waals surface area (Å²) >= 11 is 0. The van der Waals surface area contributed by atoms with Gasteiger partial charge in [0.05, 0.1) is 23.5 Å². The van der Waals surface area contributed by atoms with E-state index in [1.807, 2.05) is 24.3 Å². The predicted octanol–water partition coefficient (Wildman–Crippen LogP) is 1.06. The van der Waals surface area contributed by atoms with Crippen LogP contribution in [0.1, 0.15) is 24.6 Å². The molecule has 0 bridgehead atoms. The SMILES string of the molecule is O=C(COc1cccc(-n2cnnn2)c1)NC(c1ccccn1)C1CC(O)C1. The van der Waals surface area contributed by atoms with Crippen molar-refractivity contribution >= 4 is 5.91 Å². The summed E-state index contributed by atoms with van der Waals surface area (Å²) in [6, 6.07) is 12.5. The van der Waals surface area contributed by atoms with Crippen LogP contribution in [0.3, 0.4) is 0 Å². The molecule has 1 atom stereocenters. The number of benzene rings is 1. The predicted molar refractivity (Wildman–Crippen MR) is 98.5 cm³/mol. The van der Waals surface area contributed by atoms with E-state index in [0.29, 0.717) is 18.6 Å². The first-order chi connectivity index (χ1) is 13.7. The van der Waals surface area contributed by atoms with Gasteiger partial charge in [0.25, 0.3) is 5.91 Å². The molecule has 1 aromatic carbocycles. The highest BCUT2D eigenvalue weighted by Crippen LogP contribution is 2.37. The van der Waals surface area contributed by atoms with Crippen LogP contribution in [0.4, 0.5) is 0 Å². The van der Waals surface area contributed by atoms with E-state index in [-0.39, 0.29) is 30.6 Å². The molecule has 2 N–H and O–H groups in total. The highest BCUT2D eigenvalue weighted by atomic mass is 16.5. The fourth-order valence-corrected chi connectivity index (χ4v) is 3.25. The second-order valence-electron chi connectivity index (χ2n) is 6.73. The molecule has 144 valence electrons. The molecule has 2 heterocycles. The number of nitrogens with one attached hydrogen (secondary N) is 1. The average molecular weight is 380 g/mol. The molecule has 2 aromatic heterocycles. The third kappa shape index (κ3) is 4.15. The number of nitrogens with zero attached hydrogens (tertiary/aromatic N) is 5. The minimum atomic E-state index is -0.307. The highest BCUT2D eigenvalue weighted by molar-refractivity contribution is 5.78. The first-order valence-corrected chi connectivity index (χ1v) is 9.03. The van der Waals surface area contributed by atoms with Crippen molar-refractivity contribution in [3.63, 3.8) is 0 Å². The topological polar surface area (TPSA) is 115 Å². The normalized spacial score (nSPS) is 19.5. The van der Waals surface area contributed by atoms with Crippen molar-refractivity contribution in [1.82, 2.24) is 30.5 Å². The standard InChI is InChI=1S/C19H20N6O3/c26-15-8-13(9-15)19(17-6-1-2-7-20-17)22-18(27)11-28-16-5-3-4-14(10-16)25-12-21-23-24-25/h1-7,10,12-13,15,19,26H,8-9,11H2,(H,22,27). The maximum absolute atomic E-state index is 12.5. The average Bonchev–Trinajstić information content (AvgIpc) is 3.24. The Bertz CT molecular complexity index is 912. The van der Waals surface area contributed by atoms with Crippen molar-refractivity contribution in [2.75, 3.05) is 6.61 Å². The zero-order valence-electron chi connectivity index (χ0n) is 15.0. The van der Waals surface area contributed by atoms with Gasteiger partial charge in [-0.1, -0.05) is 12.1 Å². The molecule has 28 heavy (non-hydrogen) atoms. The smallest absolute Gasteiger partial charge is 0.258 e. The van der Waals surface area contributed by atoms with Gasteiger partial charge in [-0.2, -0.15) is 0 Å². The third-order valence-electron chi connectivity index (χ3n) is 4.75. The fraction of sp³-hybridized carbons (Fsp3) is 0.316. The Labute approximate surface area is 161 Å². The van der Waals surface area contributed by atoms with Crippen molar-refractivity contribution in [3.8, 4) is 11.4 Å². The van der Waals surface area contributed by atoms with Crippen molar-refractivity contribution < 1.29 is 14.6 Å². The van der Waals surface area contributed by atoms with Gasteiger partial charge in [-0.05, 0) is 53.5 Å².